The van der Waals surface area contributed by atoms with Crippen LogP contribution in [0, 0.1) is 0 Å². The molecule has 0 aromatic carbocycles. The standard InChI is InChI=1S/C14H20N4O/c1-4-12-16-13(15-5-2)8-14(17-12)18(3)9-11-6-7-19-10-11/h6-8,10H,4-5,9H2,1-3H3,(H,15,16,17). The van der Waals surface area contributed by atoms with Gasteiger partial charge in [0, 0.05) is 38.2 Å². The Morgan fingerprint density at radius 3 is 2.79 bits per heavy atom. The van der Waals surface area contributed by atoms with Crippen molar-refractivity contribution in [3.05, 3.63) is 36.0 Å². The van der Waals surface area contributed by atoms with Gasteiger partial charge in [0.2, 0.25) is 0 Å². The second-order valence-corrected chi connectivity index (χ2v) is 4.40. The molecule has 2 heterocycles. The van der Waals surface area contributed by atoms with E-state index in [0.717, 1.165) is 42.5 Å². The van der Waals surface area contributed by atoms with E-state index < -0.39 is 0 Å². The van der Waals surface area contributed by atoms with Crippen molar-refractivity contribution in [1.29, 1.82) is 0 Å². The molecule has 0 spiro atoms. The topological polar surface area (TPSA) is 54.2 Å². The van der Waals surface area contributed by atoms with Crippen LogP contribution in [0.1, 0.15) is 25.2 Å². The van der Waals surface area contributed by atoms with Crippen LogP contribution in [0.5, 0.6) is 0 Å². The van der Waals surface area contributed by atoms with Gasteiger partial charge in [-0.3, -0.25) is 0 Å². The molecule has 0 aliphatic rings. The summed E-state index contributed by atoms with van der Waals surface area (Å²) in [5.74, 6) is 2.65. The number of aromatic nitrogens is 2. The quantitative estimate of drug-likeness (QED) is 0.865. The number of anilines is 2. The highest BCUT2D eigenvalue weighted by atomic mass is 16.3. The van der Waals surface area contributed by atoms with Crippen molar-refractivity contribution in [2.24, 2.45) is 0 Å². The van der Waals surface area contributed by atoms with Gasteiger partial charge in [0.1, 0.15) is 17.5 Å². The Morgan fingerprint density at radius 1 is 1.32 bits per heavy atom. The molecule has 1 N–H and O–H groups in total. The lowest BCUT2D eigenvalue weighted by molar-refractivity contribution is 0.563. The molecular formula is C14H20N4O. The van der Waals surface area contributed by atoms with Gasteiger partial charge < -0.3 is 14.6 Å². The van der Waals surface area contributed by atoms with Gasteiger partial charge in [-0.2, -0.15) is 0 Å². The van der Waals surface area contributed by atoms with Gasteiger partial charge in [0.15, 0.2) is 0 Å². The molecular weight excluding hydrogens is 240 g/mol. The number of aryl methyl sites for hydroxylation is 1. The van der Waals surface area contributed by atoms with Crippen LogP contribution in [0.25, 0.3) is 0 Å². The van der Waals surface area contributed by atoms with Gasteiger partial charge in [0.05, 0.1) is 12.5 Å². The Hall–Kier alpha value is -2.04. The minimum atomic E-state index is 0.766. The average molecular weight is 260 g/mol. The molecule has 2 rings (SSSR count). The number of nitrogens with one attached hydrogen (secondary N) is 1. The Bertz CT molecular complexity index is 510. The minimum absolute atomic E-state index is 0.766. The molecule has 0 saturated heterocycles. The van der Waals surface area contributed by atoms with Crippen molar-refractivity contribution in [2.45, 2.75) is 26.8 Å². The van der Waals surface area contributed by atoms with Gasteiger partial charge in [-0.05, 0) is 13.0 Å². The van der Waals surface area contributed by atoms with Gasteiger partial charge >= 0.3 is 0 Å². The smallest absolute Gasteiger partial charge is 0.134 e. The predicted octanol–water partition coefficient (Wildman–Crippen LogP) is 2.70. The van der Waals surface area contributed by atoms with Crippen LogP contribution in [0.15, 0.2) is 29.1 Å². The highest BCUT2D eigenvalue weighted by molar-refractivity contribution is 5.49. The fraction of sp³-hybridized carbons (Fsp3) is 0.429. The largest absolute Gasteiger partial charge is 0.472 e. The summed E-state index contributed by atoms with van der Waals surface area (Å²) in [6, 6.07) is 3.94. The molecule has 0 aliphatic heterocycles. The van der Waals surface area contributed by atoms with Crippen LogP contribution in [-0.2, 0) is 13.0 Å². The molecule has 19 heavy (non-hydrogen) atoms. The summed E-state index contributed by atoms with van der Waals surface area (Å²) >= 11 is 0. The number of nitrogens with zero attached hydrogens (tertiary/aromatic N) is 3. The fourth-order valence-corrected chi connectivity index (χ4v) is 1.85. The van der Waals surface area contributed by atoms with Gasteiger partial charge in [-0.25, -0.2) is 9.97 Å². The second kappa shape index (κ2) is 6.22. The first-order valence-corrected chi connectivity index (χ1v) is 6.57. The summed E-state index contributed by atoms with van der Waals surface area (Å²) in [6.45, 7) is 5.74. The molecule has 5 heteroatoms. The Kier molecular flexibility index (Phi) is 4.39. The zero-order valence-corrected chi connectivity index (χ0v) is 11.7. The van der Waals surface area contributed by atoms with Crippen LogP contribution in [-0.4, -0.2) is 23.6 Å². The van der Waals surface area contributed by atoms with Crippen molar-refractivity contribution in [1.82, 2.24) is 9.97 Å². The van der Waals surface area contributed by atoms with E-state index in [1.165, 1.54) is 0 Å². The maximum atomic E-state index is 5.09. The molecule has 0 bridgehead atoms. The minimum Gasteiger partial charge on any atom is -0.472 e. The molecule has 0 fully saturated rings. The average Bonchev–Trinajstić information content (AvgIpc) is 2.91. The van der Waals surface area contributed by atoms with E-state index in [2.05, 4.69) is 34.0 Å². The third-order valence-electron chi connectivity index (χ3n) is 2.82. The first-order valence-electron chi connectivity index (χ1n) is 6.57. The maximum Gasteiger partial charge on any atom is 0.134 e. The van der Waals surface area contributed by atoms with Gasteiger partial charge in [0.25, 0.3) is 0 Å². The Morgan fingerprint density at radius 2 is 2.16 bits per heavy atom. The lowest BCUT2D eigenvalue weighted by atomic mass is 10.3. The van der Waals surface area contributed by atoms with E-state index in [4.69, 9.17) is 4.42 Å². The second-order valence-electron chi connectivity index (χ2n) is 4.40. The van der Waals surface area contributed by atoms with E-state index in [9.17, 15) is 0 Å². The van der Waals surface area contributed by atoms with Crippen molar-refractivity contribution in [2.75, 3.05) is 23.8 Å². The predicted molar refractivity (Wildman–Crippen MR) is 76.4 cm³/mol. The number of furan rings is 1. The van der Waals surface area contributed by atoms with Crippen LogP contribution < -0.4 is 10.2 Å². The van der Waals surface area contributed by atoms with Crippen molar-refractivity contribution in [3.8, 4) is 0 Å². The summed E-state index contributed by atoms with van der Waals surface area (Å²) in [5, 5.41) is 3.24. The van der Waals surface area contributed by atoms with Crippen LogP contribution in [0.4, 0.5) is 11.6 Å². The van der Waals surface area contributed by atoms with Crippen LogP contribution in [0.3, 0.4) is 0 Å². The van der Waals surface area contributed by atoms with E-state index in [1.54, 1.807) is 12.5 Å². The summed E-state index contributed by atoms with van der Waals surface area (Å²) < 4.78 is 5.09. The maximum absolute atomic E-state index is 5.09. The van der Waals surface area contributed by atoms with E-state index >= 15 is 0 Å². The Labute approximate surface area is 113 Å². The SMILES string of the molecule is CCNc1cc(N(C)Cc2ccoc2)nc(CC)n1. The van der Waals surface area contributed by atoms with Gasteiger partial charge in [-0.1, -0.05) is 6.92 Å². The molecule has 5 nitrogen and oxygen atoms in total. The van der Waals surface area contributed by atoms with Crippen LogP contribution >= 0.6 is 0 Å². The summed E-state index contributed by atoms with van der Waals surface area (Å²) in [4.78, 5) is 11.1. The Balaban J connectivity index is 2.19. The lowest BCUT2D eigenvalue weighted by Crippen LogP contribution is -2.19. The van der Waals surface area contributed by atoms with Crippen molar-refractivity contribution < 1.29 is 4.42 Å². The number of hydrogen-bond acceptors (Lipinski definition) is 5. The third-order valence-corrected chi connectivity index (χ3v) is 2.82. The van der Waals surface area contributed by atoms with Crippen LogP contribution in [0.2, 0.25) is 0 Å². The monoisotopic (exact) mass is 260 g/mol. The molecule has 0 radical (unpaired) electrons. The molecule has 0 unspecified atom stereocenters. The normalized spacial score (nSPS) is 10.5. The molecule has 0 aliphatic carbocycles. The lowest BCUT2D eigenvalue weighted by Gasteiger charge is -2.18. The zero-order chi connectivity index (χ0) is 13.7. The molecule has 0 amide bonds. The summed E-state index contributed by atoms with van der Waals surface area (Å²) in [5.41, 5.74) is 1.13. The summed E-state index contributed by atoms with van der Waals surface area (Å²) in [7, 11) is 2.02. The van der Waals surface area contributed by atoms with Gasteiger partial charge in [-0.15, -0.1) is 0 Å². The first-order chi connectivity index (χ1) is 9.22. The molecule has 0 atom stereocenters. The van der Waals surface area contributed by atoms with Crippen molar-refractivity contribution in [3.63, 3.8) is 0 Å². The highest BCUT2D eigenvalue weighted by Crippen LogP contribution is 2.17. The first kappa shape index (κ1) is 13.4. The molecule has 0 saturated carbocycles. The summed E-state index contributed by atoms with van der Waals surface area (Å²) in [6.07, 6.45) is 4.26. The molecule has 2 aromatic heterocycles. The molecule has 102 valence electrons. The third kappa shape index (κ3) is 3.47. The molecule has 2 aromatic rings. The van der Waals surface area contributed by atoms with Crippen molar-refractivity contribution >= 4 is 11.6 Å². The van der Waals surface area contributed by atoms with E-state index in [1.807, 2.05) is 19.2 Å². The fourth-order valence-electron chi connectivity index (χ4n) is 1.85. The van der Waals surface area contributed by atoms with E-state index in [-0.39, 0.29) is 0 Å². The highest BCUT2D eigenvalue weighted by Gasteiger charge is 2.08. The zero-order valence-electron chi connectivity index (χ0n) is 11.7. The number of hydrogen-bond donors (Lipinski definition) is 1. The number of rotatable bonds is 6. The van der Waals surface area contributed by atoms with E-state index in [0.29, 0.717) is 0 Å².